The molecule has 0 bridgehead atoms. The number of amides is 1. The van der Waals surface area contributed by atoms with Crippen molar-refractivity contribution in [1.29, 1.82) is 0 Å². The lowest BCUT2D eigenvalue weighted by molar-refractivity contribution is 0.0741. The molecule has 0 aliphatic carbocycles. The van der Waals surface area contributed by atoms with Gasteiger partial charge in [-0.1, -0.05) is 0 Å². The van der Waals surface area contributed by atoms with E-state index in [2.05, 4.69) is 20.2 Å². The molecule has 0 saturated carbocycles. The third-order valence-electron chi connectivity index (χ3n) is 4.22. The van der Waals surface area contributed by atoms with Gasteiger partial charge >= 0.3 is 0 Å². The molecule has 1 aliphatic heterocycles. The van der Waals surface area contributed by atoms with E-state index in [4.69, 9.17) is 4.74 Å². The molecule has 0 atom stereocenters. The van der Waals surface area contributed by atoms with Crippen LogP contribution in [0.1, 0.15) is 10.5 Å². The van der Waals surface area contributed by atoms with Crippen molar-refractivity contribution in [3.8, 4) is 0 Å². The van der Waals surface area contributed by atoms with Crippen LogP contribution in [0.3, 0.4) is 0 Å². The minimum atomic E-state index is -0.249. The summed E-state index contributed by atoms with van der Waals surface area (Å²) in [6, 6.07) is 8.04. The van der Waals surface area contributed by atoms with E-state index in [1.807, 2.05) is 0 Å². The van der Waals surface area contributed by atoms with Gasteiger partial charge in [0.2, 0.25) is 5.95 Å². The Bertz CT molecular complexity index is 733. The summed E-state index contributed by atoms with van der Waals surface area (Å²) in [7, 11) is 1.62. The number of ether oxygens (including phenoxy) is 1. The Balaban J connectivity index is 1.58. The first-order valence-electron chi connectivity index (χ1n) is 8.53. The van der Waals surface area contributed by atoms with Crippen LogP contribution in [0.25, 0.3) is 0 Å². The SMILES string of the molecule is COCCNc1nccc(C(=O)N2CCN(c3ccc(F)cc3)CC2)n1. The molecule has 0 unspecified atom stereocenters. The number of methoxy groups -OCH3 is 1. The lowest BCUT2D eigenvalue weighted by Gasteiger charge is -2.36. The molecule has 3 rings (SSSR count). The van der Waals surface area contributed by atoms with E-state index in [1.165, 1.54) is 12.1 Å². The average Bonchev–Trinajstić information content (AvgIpc) is 2.69. The monoisotopic (exact) mass is 359 g/mol. The Morgan fingerprint density at radius 3 is 2.62 bits per heavy atom. The van der Waals surface area contributed by atoms with Gasteiger partial charge in [-0.25, -0.2) is 14.4 Å². The van der Waals surface area contributed by atoms with Crippen LogP contribution in [0.2, 0.25) is 0 Å². The van der Waals surface area contributed by atoms with Crippen LogP contribution in [0.15, 0.2) is 36.5 Å². The highest BCUT2D eigenvalue weighted by atomic mass is 19.1. The number of hydrogen-bond acceptors (Lipinski definition) is 6. The van der Waals surface area contributed by atoms with Gasteiger partial charge in [0.25, 0.3) is 5.91 Å². The third-order valence-corrected chi connectivity index (χ3v) is 4.22. The van der Waals surface area contributed by atoms with Gasteiger partial charge in [-0.15, -0.1) is 0 Å². The number of anilines is 2. The van der Waals surface area contributed by atoms with Crippen LogP contribution >= 0.6 is 0 Å². The van der Waals surface area contributed by atoms with E-state index >= 15 is 0 Å². The van der Waals surface area contributed by atoms with E-state index in [1.54, 1.807) is 36.4 Å². The largest absolute Gasteiger partial charge is 0.383 e. The minimum Gasteiger partial charge on any atom is -0.383 e. The molecule has 0 spiro atoms. The second-order valence-corrected chi connectivity index (χ2v) is 5.94. The number of aromatic nitrogens is 2. The highest BCUT2D eigenvalue weighted by Gasteiger charge is 2.23. The Labute approximate surface area is 151 Å². The van der Waals surface area contributed by atoms with Gasteiger partial charge in [-0.3, -0.25) is 4.79 Å². The molecule has 7 nitrogen and oxygen atoms in total. The normalized spacial score (nSPS) is 14.4. The fourth-order valence-corrected chi connectivity index (χ4v) is 2.81. The number of carbonyl (C=O) groups is 1. The zero-order chi connectivity index (χ0) is 18.4. The minimum absolute atomic E-state index is 0.110. The number of hydrogen-bond donors (Lipinski definition) is 1. The number of carbonyl (C=O) groups excluding carboxylic acids is 1. The molecule has 26 heavy (non-hydrogen) atoms. The molecular formula is C18H22FN5O2. The predicted octanol–water partition coefficient (Wildman–Crippen LogP) is 1.64. The summed E-state index contributed by atoms with van der Waals surface area (Å²) in [5.41, 5.74) is 1.33. The molecule has 1 amide bonds. The molecule has 1 fully saturated rings. The van der Waals surface area contributed by atoms with Crippen molar-refractivity contribution in [2.24, 2.45) is 0 Å². The number of piperazine rings is 1. The second kappa shape index (κ2) is 8.57. The fourth-order valence-electron chi connectivity index (χ4n) is 2.81. The topological polar surface area (TPSA) is 70.6 Å². The standard InChI is InChI=1S/C18H22FN5O2/c1-26-13-8-21-18-20-7-6-16(22-18)17(25)24-11-9-23(10-12-24)15-4-2-14(19)3-5-15/h2-7H,8-13H2,1H3,(H,20,21,22). The van der Waals surface area contributed by atoms with E-state index in [9.17, 15) is 9.18 Å². The number of benzene rings is 1. The lowest BCUT2D eigenvalue weighted by atomic mass is 10.2. The van der Waals surface area contributed by atoms with E-state index in [0.717, 1.165) is 5.69 Å². The van der Waals surface area contributed by atoms with Gasteiger partial charge in [0.1, 0.15) is 11.5 Å². The Morgan fingerprint density at radius 1 is 1.19 bits per heavy atom. The van der Waals surface area contributed by atoms with Crippen molar-refractivity contribution in [2.75, 3.05) is 56.7 Å². The number of rotatable bonds is 6. The third kappa shape index (κ3) is 4.45. The number of nitrogens with zero attached hydrogens (tertiary/aromatic N) is 4. The average molecular weight is 359 g/mol. The zero-order valence-electron chi connectivity index (χ0n) is 14.7. The summed E-state index contributed by atoms with van der Waals surface area (Å²) < 4.78 is 18.0. The van der Waals surface area contributed by atoms with Crippen LogP contribution < -0.4 is 10.2 Å². The van der Waals surface area contributed by atoms with Gasteiger partial charge < -0.3 is 19.9 Å². The molecule has 1 aliphatic rings. The Morgan fingerprint density at radius 2 is 1.92 bits per heavy atom. The fraction of sp³-hybridized carbons (Fsp3) is 0.389. The number of nitrogens with one attached hydrogen (secondary N) is 1. The molecule has 1 aromatic heterocycles. The maximum Gasteiger partial charge on any atom is 0.272 e. The van der Waals surface area contributed by atoms with Gasteiger partial charge in [0, 0.05) is 51.7 Å². The summed E-state index contributed by atoms with van der Waals surface area (Å²) in [4.78, 5) is 25.0. The van der Waals surface area contributed by atoms with Gasteiger partial charge in [0.05, 0.1) is 6.61 Å². The Hall–Kier alpha value is -2.74. The van der Waals surface area contributed by atoms with E-state index < -0.39 is 0 Å². The van der Waals surface area contributed by atoms with Crippen LogP contribution in [0.5, 0.6) is 0 Å². The quantitative estimate of drug-likeness (QED) is 0.791. The zero-order valence-corrected chi connectivity index (χ0v) is 14.7. The molecule has 1 aromatic carbocycles. The molecular weight excluding hydrogens is 337 g/mol. The molecule has 1 N–H and O–H groups in total. The molecule has 2 heterocycles. The van der Waals surface area contributed by atoms with Crippen LogP contribution in [-0.4, -0.2) is 67.2 Å². The van der Waals surface area contributed by atoms with E-state index in [0.29, 0.717) is 51.0 Å². The summed E-state index contributed by atoms with van der Waals surface area (Å²) in [5, 5.41) is 3.02. The van der Waals surface area contributed by atoms with Crippen LogP contribution in [0.4, 0.5) is 16.0 Å². The van der Waals surface area contributed by atoms with Crippen LogP contribution in [-0.2, 0) is 4.74 Å². The van der Waals surface area contributed by atoms with Crippen molar-refractivity contribution in [2.45, 2.75) is 0 Å². The predicted molar refractivity (Wildman–Crippen MR) is 96.9 cm³/mol. The van der Waals surface area contributed by atoms with Crippen molar-refractivity contribution >= 4 is 17.5 Å². The summed E-state index contributed by atoms with van der Waals surface area (Å²) in [6.45, 7) is 3.68. The lowest BCUT2D eigenvalue weighted by Crippen LogP contribution is -2.49. The maximum atomic E-state index is 13.0. The highest BCUT2D eigenvalue weighted by molar-refractivity contribution is 5.92. The molecule has 138 valence electrons. The maximum absolute atomic E-state index is 13.0. The molecule has 1 saturated heterocycles. The Kier molecular flexibility index (Phi) is 5.96. The van der Waals surface area contributed by atoms with Crippen molar-refractivity contribution in [1.82, 2.24) is 14.9 Å². The highest BCUT2D eigenvalue weighted by Crippen LogP contribution is 2.17. The summed E-state index contributed by atoms with van der Waals surface area (Å²) >= 11 is 0. The smallest absolute Gasteiger partial charge is 0.272 e. The molecule has 8 heteroatoms. The van der Waals surface area contributed by atoms with Gasteiger partial charge in [-0.2, -0.15) is 0 Å². The van der Waals surface area contributed by atoms with Crippen LogP contribution in [0, 0.1) is 5.82 Å². The molecule has 2 aromatic rings. The van der Waals surface area contributed by atoms with Gasteiger partial charge in [0.15, 0.2) is 0 Å². The summed E-state index contributed by atoms with van der Waals surface area (Å²) in [6.07, 6.45) is 1.57. The van der Waals surface area contributed by atoms with Gasteiger partial charge in [-0.05, 0) is 30.3 Å². The first-order valence-corrected chi connectivity index (χ1v) is 8.53. The second-order valence-electron chi connectivity index (χ2n) is 5.94. The van der Waals surface area contributed by atoms with E-state index in [-0.39, 0.29) is 11.7 Å². The van der Waals surface area contributed by atoms with Crippen molar-refractivity contribution in [3.05, 3.63) is 48.0 Å². The van der Waals surface area contributed by atoms with Crippen molar-refractivity contribution in [3.63, 3.8) is 0 Å². The first kappa shape index (κ1) is 18.1. The number of halogens is 1. The first-order chi connectivity index (χ1) is 12.7. The van der Waals surface area contributed by atoms with Crippen molar-refractivity contribution < 1.29 is 13.9 Å². The molecule has 0 radical (unpaired) electrons. The summed E-state index contributed by atoms with van der Waals surface area (Å²) in [5.74, 6) is 0.0556.